The first-order valence-electron chi connectivity index (χ1n) is 8.61. The summed E-state index contributed by atoms with van der Waals surface area (Å²) in [7, 11) is 1.84. The van der Waals surface area contributed by atoms with Crippen molar-refractivity contribution in [3.8, 4) is 0 Å². The number of ether oxygens (including phenoxy) is 1. The lowest BCUT2D eigenvalue weighted by Crippen LogP contribution is -2.14. The molecular weight excluding hydrogens is 395 g/mol. The summed E-state index contributed by atoms with van der Waals surface area (Å²) in [6, 6.07) is 3.11. The number of aliphatic imine (C=N–C) groups is 1. The Morgan fingerprint density at radius 2 is 1.55 bits per heavy atom. The summed E-state index contributed by atoms with van der Waals surface area (Å²) in [5, 5.41) is 0. The van der Waals surface area contributed by atoms with E-state index in [0.717, 1.165) is 6.54 Å². The highest BCUT2D eigenvalue weighted by Gasteiger charge is 2.26. The van der Waals surface area contributed by atoms with Crippen molar-refractivity contribution in [3.05, 3.63) is 63.5 Å². The maximum Gasteiger partial charge on any atom is 0.338 e. The van der Waals surface area contributed by atoms with Crippen LogP contribution in [0.5, 0.6) is 0 Å². The molecule has 0 bridgehead atoms. The summed E-state index contributed by atoms with van der Waals surface area (Å²) in [5.74, 6) is -11.5. The number of nitrogens with zero attached hydrogens (tertiary/aromatic N) is 2. The molecule has 4 nitrogen and oxygen atoms in total. The number of halogens is 5. The van der Waals surface area contributed by atoms with Crippen molar-refractivity contribution in [3.63, 3.8) is 0 Å². The number of hydrogen-bond donors (Lipinski definition) is 0. The molecule has 0 aromatic heterocycles. The molecule has 156 valence electrons. The second kappa shape index (κ2) is 9.02. The van der Waals surface area contributed by atoms with E-state index in [1.54, 1.807) is 26.3 Å². The number of benzene rings is 2. The Balaban J connectivity index is 2.25. The van der Waals surface area contributed by atoms with E-state index in [1.807, 2.05) is 18.9 Å². The molecule has 0 fully saturated rings. The van der Waals surface area contributed by atoms with Crippen LogP contribution in [0.25, 0.3) is 0 Å². The molecule has 0 heterocycles. The van der Waals surface area contributed by atoms with E-state index >= 15 is 0 Å². The van der Waals surface area contributed by atoms with E-state index in [4.69, 9.17) is 4.74 Å². The van der Waals surface area contributed by atoms with Crippen LogP contribution in [0.2, 0.25) is 0 Å². The van der Waals surface area contributed by atoms with Gasteiger partial charge in [0.1, 0.15) is 6.61 Å². The number of esters is 1. The molecule has 0 aliphatic rings. The fourth-order valence-electron chi connectivity index (χ4n) is 2.39. The summed E-state index contributed by atoms with van der Waals surface area (Å²) in [6.07, 6.45) is 1.63. The first-order chi connectivity index (χ1) is 13.6. The van der Waals surface area contributed by atoms with E-state index in [9.17, 15) is 26.7 Å². The Labute approximate surface area is 164 Å². The van der Waals surface area contributed by atoms with E-state index in [0.29, 0.717) is 16.8 Å². The molecule has 0 unspecified atom stereocenters. The van der Waals surface area contributed by atoms with Crippen LogP contribution >= 0.6 is 0 Å². The van der Waals surface area contributed by atoms with Crippen LogP contribution in [-0.4, -0.2) is 30.8 Å². The predicted molar refractivity (Wildman–Crippen MR) is 97.7 cm³/mol. The van der Waals surface area contributed by atoms with E-state index < -0.39 is 47.2 Å². The Bertz CT molecular complexity index is 947. The molecule has 0 spiro atoms. The lowest BCUT2D eigenvalue weighted by Gasteiger charge is -2.12. The number of rotatable bonds is 6. The van der Waals surface area contributed by atoms with Gasteiger partial charge in [-0.15, -0.1) is 0 Å². The maximum atomic E-state index is 13.7. The standard InChI is InChI=1S/C20H19F5N2O2/c1-5-27(4)9-26-14-7-10(2)12(6-11(14)3)20(28)29-8-13-15(21)17(23)19(25)18(24)16(13)22/h6-7,9H,5,8H2,1-4H3/b26-9+. The number of carbonyl (C=O) groups is 1. The van der Waals surface area contributed by atoms with E-state index in [1.165, 1.54) is 6.07 Å². The van der Waals surface area contributed by atoms with Crippen molar-refractivity contribution < 1.29 is 31.5 Å². The number of aryl methyl sites for hydroxylation is 2. The summed E-state index contributed by atoms with van der Waals surface area (Å²) >= 11 is 0. The third-order valence-electron chi connectivity index (χ3n) is 4.30. The van der Waals surface area contributed by atoms with Crippen LogP contribution in [0.15, 0.2) is 17.1 Å². The molecule has 0 N–H and O–H groups in total. The molecular formula is C20H19F5N2O2. The molecule has 0 radical (unpaired) electrons. The lowest BCUT2D eigenvalue weighted by atomic mass is 10.0. The van der Waals surface area contributed by atoms with E-state index in [-0.39, 0.29) is 5.56 Å². The van der Waals surface area contributed by atoms with Crippen molar-refractivity contribution in [1.29, 1.82) is 0 Å². The maximum absolute atomic E-state index is 13.7. The Morgan fingerprint density at radius 1 is 1.00 bits per heavy atom. The summed E-state index contributed by atoms with van der Waals surface area (Å²) in [6.45, 7) is 4.91. The Hall–Kier alpha value is -2.97. The molecule has 0 saturated heterocycles. The SMILES string of the molecule is CCN(C)/C=N/c1cc(C)c(C(=O)OCc2c(F)c(F)c(F)c(F)c2F)cc1C. The van der Waals surface area contributed by atoms with Crippen molar-refractivity contribution >= 4 is 18.0 Å². The second-order valence-corrected chi connectivity index (χ2v) is 6.40. The van der Waals surface area contributed by atoms with Crippen molar-refractivity contribution in [2.75, 3.05) is 13.6 Å². The quantitative estimate of drug-likeness (QED) is 0.167. The van der Waals surface area contributed by atoms with Gasteiger partial charge in [-0.25, -0.2) is 31.7 Å². The van der Waals surface area contributed by atoms with Gasteiger partial charge in [0.25, 0.3) is 0 Å². The van der Waals surface area contributed by atoms with Crippen LogP contribution < -0.4 is 0 Å². The van der Waals surface area contributed by atoms with Gasteiger partial charge in [0.05, 0.1) is 23.2 Å². The molecule has 2 rings (SSSR count). The van der Waals surface area contributed by atoms with Gasteiger partial charge in [-0.1, -0.05) is 0 Å². The molecule has 0 atom stereocenters. The minimum Gasteiger partial charge on any atom is -0.457 e. The topological polar surface area (TPSA) is 41.9 Å². The molecule has 0 aliphatic carbocycles. The van der Waals surface area contributed by atoms with E-state index in [2.05, 4.69) is 4.99 Å². The van der Waals surface area contributed by atoms with Crippen molar-refractivity contribution in [1.82, 2.24) is 4.90 Å². The van der Waals surface area contributed by atoms with Gasteiger partial charge >= 0.3 is 5.97 Å². The van der Waals surface area contributed by atoms with Crippen LogP contribution in [0, 0.1) is 42.9 Å². The summed E-state index contributed by atoms with van der Waals surface area (Å²) in [5.41, 5.74) is 0.602. The monoisotopic (exact) mass is 414 g/mol. The van der Waals surface area contributed by atoms with Gasteiger partial charge in [0.15, 0.2) is 23.3 Å². The average molecular weight is 414 g/mol. The molecule has 0 saturated carbocycles. The van der Waals surface area contributed by atoms with Gasteiger partial charge in [-0.3, -0.25) is 0 Å². The normalized spacial score (nSPS) is 11.2. The fraction of sp³-hybridized carbons (Fsp3) is 0.300. The lowest BCUT2D eigenvalue weighted by molar-refractivity contribution is 0.0461. The summed E-state index contributed by atoms with van der Waals surface area (Å²) in [4.78, 5) is 18.5. The highest BCUT2D eigenvalue weighted by atomic mass is 19.2. The van der Waals surface area contributed by atoms with Crippen molar-refractivity contribution in [2.45, 2.75) is 27.4 Å². The van der Waals surface area contributed by atoms with Gasteiger partial charge in [0, 0.05) is 13.6 Å². The molecule has 0 aliphatic heterocycles. The smallest absolute Gasteiger partial charge is 0.338 e. The molecule has 2 aromatic rings. The molecule has 29 heavy (non-hydrogen) atoms. The zero-order valence-electron chi connectivity index (χ0n) is 16.2. The molecule has 2 aromatic carbocycles. The number of carbonyl (C=O) groups excluding carboxylic acids is 1. The van der Waals surface area contributed by atoms with Crippen molar-refractivity contribution in [2.24, 2.45) is 4.99 Å². The first kappa shape index (κ1) is 22.3. The van der Waals surface area contributed by atoms with Crippen LogP contribution in [0.3, 0.4) is 0 Å². The Morgan fingerprint density at radius 3 is 2.10 bits per heavy atom. The van der Waals surface area contributed by atoms with Gasteiger partial charge in [0.2, 0.25) is 5.82 Å². The highest BCUT2D eigenvalue weighted by Crippen LogP contribution is 2.26. The summed E-state index contributed by atoms with van der Waals surface area (Å²) < 4.78 is 71.8. The largest absolute Gasteiger partial charge is 0.457 e. The van der Waals surface area contributed by atoms with Gasteiger partial charge < -0.3 is 9.64 Å². The Kier molecular flexibility index (Phi) is 6.94. The number of hydrogen-bond acceptors (Lipinski definition) is 3. The minimum absolute atomic E-state index is 0.0918. The fourth-order valence-corrected chi connectivity index (χ4v) is 2.39. The second-order valence-electron chi connectivity index (χ2n) is 6.40. The van der Waals surface area contributed by atoms with Gasteiger partial charge in [-0.2, -0.15) is 0 Å². The van der Waals surface area contributed by atoms with Crippen LogP contribution in [-0.2, 0) is 11.3 Å². The first-order valence-corrected chi connectivity index (χ1v) is 8.61. The minimum atomic E-state index is -2.27. The highest BCUT2D eigenvalue weighted by molar-refractivity contribution is 5.92. The third kappa shape index (κ3) is 4.72. The third-order valence-corrected chi connectivity index (χ3v) is 4.30. The predicted octanol–water partition coefficient (Wildman–Crippen LogP) is 4.97. The van der Waals surface area contributed by atoms with Crippen LogP contribution in [0.1, 0.15) is 34.0 Å². The molecule has 0 amide bonds. The average Bonchev–Trinajstić information content (AvgIpc) is 2.70. The zero-order chi connectivity index (χ0) is 21.9. The van der Waals surface area contributed by atoms with Crippen LogP contribution in [0.4, 0.5) is 27.6 Å². The molecule has 9 heteroatoms. The zero-order valence-corrected chi connectivity index (χ0v) is 16.2. The van der Waals surface area contributed by atoms with Gasteiger partial charge in [-0.05, 0) is 44.0 Å².